The Morgan fingerprint density at radius 3 is 1.63 bits per heavy atom. The van der Waals surface area contributed by atoms with Crippen molar-refractivity contribution in [1.82, 2.24) is 54.8 Å². The van der Waals surface area contributed by atoms with Gasteiger partial charge in [0, 0.05) is 73.5 Å². The van der Waals surface area contributed by atoms with E-state index in [1.807, 2.05) is 86.2 Å². The summed E-state index contributed by atoms with van der Waals surface area (Å²) >= 11 is 2.77. The molecular weight excluding hydrogens is 999 g/mol. The third kappa shape index (κ3) is 14.2. The first-order valence-corrected chi connectivity index (χ1v) is 26.7. The first-order chi connectivity index (χ1) is 35.9. The molecule has 8 aromatic rings. The molecule has 10 rings (SSSR count). The molecule has 0 saturated carbocycles. The molecule has 76 heavy (non-hydrogen) atoms. The quantitative estimate of drug-likeness (QED) is 0.0883. The summed E-state index contributed by atoms with van der Waals surface area (Å²) < 4.78 is 8.84. The number of hydrogen-bond donors (Lipinski definition) is 4. The van der Waals surface area contributed by atoms with Gasteiger partial charge in [0.1, 0.15) is 10.5 Å². The van der Waals surface area contributed by atoms with Gasteiger partial charge in [0.2, 0.25) is 11.9 Å². The molecule has 2 unspecified atom stereocenters. The van der Waals surface area contributed by atoms with Crippen LogP contribution < -0.4 is 16.0 Å². The standard InChI is InChI=1S/C26H28N6OS.C22H26N6O2.C8H11NO2S/c1-26(2,3)24-28-14-23(34-24)22(33)12-17-6-5-16-11-18(7-8-20(16)17)21-9-10-27-25(31-21)30-19-13-29-32(4)15-19;1-22(2,3)30-21(29)27-19-8-6-14-11-15(5-7-17(14)19)18-9-10-23-20(26-18)25-16-12-24-28(4)13-16;1-8(2,3)7-9-4-5(12-7)6(10)11/h7-11,13-15,17H,5-6,12H2,1-4H3,(H,27,30,31);5,7,9-13,19H,6,8H2,1-4H3,(H,27,29)(H,23,25,26);4H,1-3H3,(H,10,11). The summed E-state index contributed by atoms with van der Waals surface area (Å²) in [6.45, 7) is 18.0. The number of anilines is 4. The monoisotopic (exact) mass is 1060 g/mol. The minimum absolute atomic E-state index is 0.0305. The van der Waals surface area contributed by atoms with Crippen LogP contribution in [0.3, 0.4) is 0 Å². The summed E-state index contributed by atoms with van der Waals surface area (Å²) in [4.78, 5) is 63.2. The van der Waals surface area contributed by atoms with Crippen molar-refractivity contribution in [2.45, 2.75) is 123 Å². The maximum Gasteiger partial charge on any atom is 0.408 e. The van der Waals surface area contributed by atoms with Crippen LogP contribution in [0.1, 0.15) is 145 Å². The molecule has 0 radical (unpaired) electrons. The van der Waals surface area contributed by atoms with Gasteiger partial charge in [-0.1, -0.05) is 65.8 Å². The van der Waals surface area contributed by atoms with Gasteiger partial charge in [0.25, 0.3) is 0 Å². The molecule has 0 saturated heterocycles. The van der Waals surface area contributed by atoms with E-state index in [4.69, 9.17) is 9.84 Å². The Labute approximate surface area is 450 Å². The van der Waals surface area contributed by atoms with E-state index in [0.29, 0.717) is 23.2 Å². The molecule has 6 heterocycles. The van der Waals surface area contributed by atoms with Crippen LogP contribution in [0.25, 0.3) is 22.5 Å². The summed E-state index contributed by atoms with van der Waals surface area (Å²) in [5.74, 6) is 0.601. The number of aromatic nitrogens is 10. The molecule has 0 fully saturated rings. The Bertz CT molecular complexity index is 3360. The van der Waals surface area contributed by atoms with Gasteiger partial charge >= 0.3 is 12.1 Å². The van der Waals surface area contributed by atoms with E-state index in [2.05, 4.69) is 107 Å². The molecule has 0 aliphatic heterocycles. The third-order valence-corrected chi connectivity index (χ3v) is 15.2. The zero-order chi connectivity index (χ0) is 54.5. The number of alkyl carbamates (subject to hydrolysis) is 1. The van der Waals surface area contributed by atoms with Gasteiger partial charge in [0.15, 0.2) is 5.78 Å². The lowest BCUT2D eigenvalue weighted by molar-refractivity contribution is 0.0503. The summed E-state index contributed by atoms with van der Waals surface area (Å²) in [7, 11) is 3.73. The Morgan fingerprint density at radius 1 is 0.658 bits per heavy atom. The number of ketones is 1. The van der Waals surface area contributed by atoms with E-state index in [0.717, 1.165) is 80.0 Å². The van der Waals surface area contributed by atoms with Crippen molar-refractivity contribution in [2.75, 3.05) is 10.6 Å². The highest BCUT2D eigenvalue weighted by Crippen LogP contribution is 2.40. The van der Waals surface area contributed by atoms with E-state index >= 15 is 0 Å². The SMILES string of the molecule is CC(C)(C)c1ncc(C(=O)O)s1.Cn1cc(Nc2nccc(-c3ccc4c(c3)CCC4CC(=O)c3cnc(C(C)(C)C)s3)n2)cn1.Cn1cc(Nc2nccc(-c3ccc4c(c3)CCC4NC(=O)OC(C)(C)C)n2)cn1. The van der Waals surface area contributed by atoms with Crippen LogP contribution in [-0.2, 0) is 42.5 Å². The highest BCUT2D eigenvalue weighted by atomic mass is 32.1. The van der Waals surface area contributed by atoms with Crippen molar-refractivity contribution in [3.05, 3.63) is 140 Å². The van der Waals surface area contributed by atoms with Gasteiger partial charge in [-0.15, -0.1) is 22.7 Å². The van der Waals surface area contributed by atoms with Crippen molar-refractivity contribution in [3.8, 4) is 22.5 Å². The predicted molar refractivity (Wildman–Crippen MR) is 297 cm³/mol. The number of hydrogen-bond acceptors (Lipinski definition) is 16. The molecule has 0 bridgehead atoms. The van der Waals surface area contributed by atoms with E-state index < -0.39 is 11.6 Å². The minimum atomic E-state index is -0.900. The maximum absolute atomic E-state index is 13.0. The van der Waals surface area contributed by atoms with Crippen molar-refractivity contribution >= 4 is 63.8 Å². The number of nitrogens with zero attached hydrogens (tertiary/aromatic N) is 10. The fourth-order valence-electron chi connectivity index (χ4n) is 8.64. The smallest absolute Gasteiger partial charge is 0.408 e. The third-order valence-electron chi connectivity index (χ3n) is 12.3. The number of Topliss-reactive ketones (excluding diaryl/α,β-unsaturated/α-hetero) is 1. The molecule has 1 amide bonds. The number of nitrogens with one attached hydrogen (secondary N) is 3. The molecule has 0 spiro atoms. The molecular formula is C56H65N13O5S2. The number of aryl methyl sites for hydroxylation is 4. The summed E-state index contributed by atoms with van der Waals surface area (Å²) in [6, 6.07) is 16.5. The number of fused-ring (bicyclic) bond motifs is 2. The van der Waals surface area contributed by atoms with Crippen LogP contribution in [-0.4, -0.2) is 78.0 Å². The summed E-state index contributed by atoms with van der Waals surface area (Å²) in [6.07, 6.45) is 17.7. The van der Waals surface area contributed by atoms with Gasteiger partial charge < -0.3 is 25.8 Å². The molecule has 20 heteroatoms. The molecule has 18 nitrogen and oxygen atoms in total. The van der Waals surface area contributed by atoms with Gasteiger partial charge in [-0.2, -0.15) is 10.2 Å². The second kappa shape index (κ2) is 22.6. The van der Waals surface area contributed by atoms with E-state index in [-0.39, 0.29) is 34.7 Å². The number of carbonyl (C=O) groups is 3. The Balaban J connectivity index is 0.000000167. The zero-order valence-electron chi connectivity index (χ0n) is 44.8. The number of carbonyl (C=O) groups excluding carboxylic acids is 2. The maximum atomic E-state index is 13.0. The lowest BCUT2D eigenvalue weighted by Gasteiger charge is -2.22. The average Bonchev–Trinajstić information content (AvgIpc) is 4.23. The molecule has 2 aliphatic rings. The Kier molecular flexibility index (Phi) is 16.2. The molecule has 6 aromatic heterocycles. The molecule has 2 atom stereocenters. The van der Waals surface area contributed by atoms with E-state index in [1.165, 1.54) is 45.6 Å². The van der Waals surface area contributed by atoms with Gasteiger partial charge in [-0.3, -0.25) is 14.2 Å². The second-order valence-corrected chi connectivity index (χ2v) is 23.9. The number of carboxylic acid groups (broad SMARTS) is 1. The van der Waals surface area contributed by atoms with Crippen molar-refractivity contribution < 1.29 is 24.2 Å². The Hall–Kier alpha value is -7.71. The highest BCUT2D eigenvalue weighted by Gasteiger charge is 2.29. The first kappa shape index (κ1) is 54.5. The molecule has 2 aromatic carbocycles. The van der Waals surface area contributed by atoms with Crippen molar-refractivity contribution in [3.63, 3.8) is 0 Å². The van der Waals surface area contributed by atoms with Gasteiger partial charge in [-0.25, -0.2) is 39.5 Å². The summed E-state index contributed by atoms with van der Waals surface area (Å²) in [5.41, 5.74) is 9.78. The number of benzene rings is 2. The largest absolute Gasteiger partial charge is 0.477 e. The summed E-state index contributed by atoms with van der Waals surface area (Å²) in [5, 5.41) is 28.2. The van der Waals surface area contributed by atoms with Crippen LogP contribution in [0.5, 0.6) is 0 Å². The number of ether oxygens (including phenoxy) is 1. The normalized spacial score (nSPS) is 14.8. The number of aromatic carboxylic acids is 1. The molecule has 2 aliphatic carbocycles. The average molecular weight is 1060 g/mol. The van der Waals surface area contributed by atoms with Gasteiger partial charge in [0.05, 0.1) is 62.3 Å². The number of rotatable bonds is 11. The second-order valence-electron chi connectivity index (χ2n) is 21.9. The predicted octanol–water partition coefficient (Wildman–Crippen LogP) is 11.9. The van der Waals surface area contributed by atoms with Gasteiger partial charge in [-0.05, 0) is 98.9 Å². The first-order valence-electron chi connectivity index (χ1n) is 25.1. The lowest BCUT2D eigenvalue weighted by atomic mass is 9.94. The minimum Gasteiger partial charge on any atom is -0.477 e. The number of carboxylic acids is 1. The molecule has 4 N–H and O–H groups in total. The Morgan fingerprint density at radius 2 is 1.16 bits per heavy atom. The van der Waals surface area contributed by atoms with Crippen molar-refractivity contribution in [1.29, 1.82) is 0 Å². The molecule has 396 valence electrons. The lowest BCUT2D eigenvalue weighted by Crippen LogP contribution is -2.34. The van der Waals surface area contributed by atoms with Crippen molar-refractivity contribution in [2.24, 2.45) is 14.1 Å². The fourth-order valence-corrected chi connectivity index (χ4v) is 10.4. The van der Waals surface area contributed by atoms with E-state index in [1.54, 1.807) is 40.3 Å². The van der Waals surface area contributed by atoms with Crippen LogP contribution in [0, 0.1) is 0 Å². The number of amides is 1. The van der Waals surface area contributed by atoms with Crippen LogP contribution in [0.2, 0.25) is 0 Å². The van der Waals surface area contributed by atoms with Crippen LogP contribution in [0.4, 0.5) is 28.1 Å². The number of thiazole rings is 2. The highest BCUT2D eigenvalue weighted by molar-refractivity contribution is 7.14. The van der Waals surface area contributed by atoms with Crippen LogP contribution >= 0.6 is 22.7 Å². The van der Waals surface area contributed by atoms with E-state index in [9.17, 15) is 14.4 Å². The zero-order valence-corrected chi connectivity index (χ0v) is 46.4. The topological polar surface area (TPSA) is 230 Å². The van der Waals surface area contributed by atoms with Crippen LogP contribution in [0.15, 0.2) is 98.1 Å². The fraction of sp³-hybridized carbons (Fsp3) is 0.375.